The van der Waals surface area contributed by atoms with E-state index in [-0.39, 0.29) is 6.03 Å². The van der Waals surface area contributed by atoms with Gasteiger partial charge in [-0.15, -0.1) is 0 Å². The molecule has 20 heavy (non-hydrogen) atoms. The summed E-state index contributed by atoms with van der Waals surface area (Å²) in [4.78, 5) is 14.6. The normalized spacial score (nSPS) is 29.9. The van der Waals surface area contributed by atoms with E-state index in [4.69, 9.17) is 0 Å². The summed E-state index contributed by atoms with van der Waals surface area (Å²) in [5, 5.41) is 3.11. The van der Waals surface area contributed by atoms with Crippen LogP contribution >= 0.6 is 0 Å². The average molecular weight is 280 g/mol. The highest BCUT2D eigenvalue weighted by molar-refractivity contribution is 5.75. The number of hydrogen-bond acceptors (Lipinski definition) is 1. The molecule has 3 heteroatoms. The first-order valence-electron chi connectivity index (χ1n) is 8.41. The number of carbonyl (C=O) groups excluding carboxylic acids is 1. The van der Waals surface area contributed by atoms with E-state index in [1.807, 2.05) is 0 Å². The van der Waals surface area contributed by atoms with Crippen LogP contribution in [0.5, 0.6) is 0 Å². The molecule has 0 radical (unpaired) electrons. The molecule has 2 rings (SSSR count). The lowest BCUT2D eigenvalue weighted by Gasteiger charge is -2.45. The van der Waals surface area contributed by atoms with Crippen molar-refractivity contribution < 1.29 is 4.79 Å². The second-order valence-electron chi connectivity index (χ2n) is 7.88. The molecule has 2 bridgehead atoms. The Kier molecular flexibility index (Phi) is 4.66. The number of hydrogen-bond donors (Lipinski definition) is 1. The van der Waals surface area contributed by atoms with Gasteiger partial charge < -0.3 is 10.2 Å². The fourth-order valence-corrected chi connectivity index (χ4v) is 3.82. The maximum absolute atomic E-state index is 12.4. The van der Waals surface area contributed by atoms with Crippen molar-refractivity contribution in [3.8, 4) is 0 Å². The van der Waals surface area contributed by atoms with Crippen molar-refractivity contribution in [2.75, 3.05) is 6.54 Å². The van der Waals surface area contributed by atoms with Crippen molar-refractivity contribution in [3.63, 3.8) is 0 Å². The zero-order valence-corrected chi connectivity index (χ0v) is 13.9. The zero-order chi connectivity index (χ0) is 14.9. The van der Waals surface area contributed by atoms with E-state index >= 15 is 0 Å². The van der Waals surface area contributed by atoms with Gasteiger partial charge in [-0.2, -0.15) is 0 Å². The minimum Gasteiger partial charge on any atom is -0.338 e. The highest BCUT2D eigenvalue weighted by atomic mass is 16.2. The zero-order valence-electron chi connectivity index (χ0n) is 13.9. The molecular weight excluding hydrogens is 248 g/mol. The number of carbonyl (C=O) groups is 1. The van der Waals surface area contributed by atoms with Gasteiger partial charge in [-0.3, -0.25) is 0 Å². The first-order chi connectivity index (χ1) is 9.35. The minimum atomic E-state index is 0.180. The maximum atomic E-state index is 12.4. The third kappa shape index (κ3) is 3.12. The van der Waals surface area contributed by atoms with E-state index in [0.717, 1.165) is 12.5 Å². The molecule has 0 spiro atoms. The number of urea groups is 1. The van der Waals surface area contributed by atoms with Crippen LogP contribution < -0.4 is 5.32 Å². The highest BCUT2D eigenvalue weighted by Gasteiger charge is 2.46. The van der Waals surface area contributed by atoms with Crippen LogP contribution in [0.3, 0.4) is 0 Å². The Balaban J connectivity index is 1.98. The Hall–Kier alpha value is -0.730. The van der Waals surface area contributed by atoms with Gasteiger partial charge in [-0.05, 0) is 42.9 Å². The molecule has 2 unspecified atom stereocenters. The van der Waals surface area contributed by atoms with Gasteiger partial charge in [0.05, 0.1) is 0 Å². The smallest absolute Gasteiger partial charge is 0.317 e. The molecule has 2 saturated heterocycles. The van der Waals surface area contributed by atoms with Gasteiger partial charge >= 0.3 is 6.03 Å². The van der Waals surface area contributed by atoms with Crippen molar-refractivity contribution in [2.45, 2.75) is 78.8 Å². The Morgan fingerprint density at radius 3 is 2.25 bits per heavy atom. The molecule has 0 saturated carbocycles. The van der Waals surface area contributed by atoms with Crippen LogP contribution in [0.15, 0.2) is 0 Å². The Bertz CT molecular complexity index is 337. The van der Waals surface area contributed by atoms with Crippen molar-refractivity contribution in [1.29, 1.82) is 0 Å². The summed E-state index contributed by atoms with van der Waals surface area (Å²) in [6, 6.07) is 1.15. The van der Waals surface area contributed by atoms with Crippen LogP contribution in [0.2, 0.25) is 0 Å². The van der Waals surface area contributed by atoms with Crippen LogP contribution in [0.4, 0.5) is 4.79 Å². The molecule has 0 aromatic carbocycles. The van der Waals surface area contributed by atoms with E-state index in [9.17, 15) is 4.79 Å². The molecule has 2 aliphatic rings. The van der Waals surface area contributed by atoms with Gasteiger partial charge in [0.2, 0.25) is 0 Å². The van der Waals surface area contributed by atoms with Crippen LogP contribution in [0, 0.1) is 17.3 Å². The molecule has 2 amide bonds. The lowest BCUT2D eigenvalue weighted by molar-refractivity contribution is 0.0646. The van der Waals surface area contributed by atoms with Crippen LogP contribution in [-0.4, -0.2) is 29.6 Å². The third-order valence-electron chi connectivity index (χ3n) is 5.65. The minimum absolute atomic E-state index is 0.180. The topological polar surface area (TPSA) is 32.3 Å². The van der Waals surface area contributed by atoms with E-state index in [1.54, 1.807) is 0 Å². The van der Waals surface area contributed by atoms with E-state index in [0.29, 0.717) is 23.4 Å². The van der Waals surface area contributed by atoms with Gasteiger partial charge in [0, 0.05) is 18.6 Å². The molecule has 0 aliphatic carbocycles. The highest BCUT2D eigenvalue weighted by Crippen LogP contribution is 2.46. The second-order valence-corrected chi connectivity index (χ2v) is 7.88. The summed E-state index contributed by atoms with van der Waals surface area (Å²) in [5.74, 6) is 1.30. The summed E-state index contributed by atoms with van der Waals surface area (Å²) < 4.78 is 0. The predicted molar refractivity (Wildman–Crippen MR) is 83.7 cm³/mol. The first kappa shape index (κ1) is 15.7. The molecule has 2 atom stereocenters. The molecule has 2 fully saturated rings. The largest absolute Gasteiger partial charge is 0.338 e. The Morgan fingerprint density at radius 1 is 1.25 bits per heavy atom. The number of rotatable bonds is 4. The molecule has 0 aromatic rings. The predicted octanol–water partition coefficient (Wildman–Crippen LogP) is 4.03. The summed E-state index contributed by atoms with van der Waals surface area (Å²) in [6.45, 7) is 12.2. The molecule has 116 valence electrons. The number of nitrogens with one attached hydrogen (secondary N) is 1. The van der Waals surface area contributed by atoms with Gasteiger partial charge in [-0.1, -0.05) is 41.0 Å². The fraction of sp³-hybridized carbons (Fsp3) is 0.941. The summed E-state index contributed by atoms with van der Waals surface area (Å²) in [5.41, 5.74) is 0.418. The monoisotopic (exact) mass is 280 g/mol. The molecular formula is C17H32N2O. The first-order valence-corrected chi connectivity index (χ1v) is 8.41. The van der Waals surface area contributed by atoms with E-state index < -0.39 is 0 Å². The Labute approximate surface area is 124 Å². The maximum Gasteiger partial charge on any atom is 0.317 e. The standard InChI is InChI=1S/C17H32N2O/c1-6-17(4,5)13-9-14-7-8-15(10-13)19(14)16(20)18-11-12(2)3/h12-15H,6-11H2,1-5H3,(H,18,20). The van der Waals surface area contributed by atoms with Gasteiger partial charge in [0.1, 0.15) is 0 Å². The summed E-state index contributed by atoms with van der Waals surface area (Å²) >= 11 is 0. The van der Waals surface area contributed by atoms with Crippen molar-refractivity contribution in [1.82, 2.24) is 10.2 Å². The number of nitrogens with zero attached hydrogens (tertiary/aromatic N) is 1. The van der Waals surface area contributed by atoms with Crippen molar-refractivity contribution in [2.24, 2.45) is 17.3 Å². The fourth-order valence-electron chi connectivity index (χ4n) is 3.82. The molecule has 0 aromatic heterocycles. The molecule has 1 N–H and O–H groups in total. The van der Waals surface area contributed by atoms with Crippen molar-refractivity contribution >= 4 is 6.03 Å². The number of amides is 2. The number of piperidine rings is 1. The summed E-state index contributed by atoms with van der Waals surface area (Å²) in [7, 11) is 0. The quantitative estimate of drug-likeness (QED) is 0.828. The van der Waals surface area contributed by atoms with E-state index in [1.165, 1.54) is 32.1 Å². The lowest BCUT2D eigenvalue weighted by atomic mass is 9.70. The molecule has 2 heterocycles. The summed E-state index contributed by atoms with van der Waals surface area (Å²) in [6.07, 6.45) is 6.04. The SMILES string of the molecule is CCC(C)(C)C1CC2CCC(C1)N2C(=O)NCC(C)C. The third-order valence-corrected chi connectivity index (χ3v) is 5.65. The van der Waals surface area contributed by atoms with Crippen LogP contribution in [0.25, 0.3) is 0 Å². The van der Waals surface area contributed by atoms with Crippen molar-refractivity contribution in [3.05, 3.63) is 0 Å². The van der Waals surface area contributed by atoms with Gasteiger partial charge in [-0.25, -0.2) is 4.79 Å². The van der Waals surface area contributed by atoms with Gasteiger partial charge in [0.25, 0.3) is 0 Å². The number of fused-ring (bicyclic) bond motifs is 2. The molecule has 2 aliphatic heterocycles. The van der Waals surface area contributed by atoms with Gasteiger partial charge in [0.15, 0.2) is 0 Å². The molecule has 3 nitrogen and oxygen atoms in total. The Morgan fingerprint density at radius 2 is 1.80 bits per heavy atom. The van der Waals surface area contributed by atoms with Crippen LogP contribution in [-0.2, 0) is 0 Å². The van der Waals surface area contributed by atoms with E-state index in [2.05, 4.69) is 44.8 Å². The van der Waals surface area contributed by atoms with Crippen LogP contribution in [0.1, 0.15) is 66.7 Å². The average Bonchev–Trinajstić information content (AvgIpc) is 2.66. The lowest BCUT2D eigenvalue weighted by Crippen LogP contribution is -2.52. The second kappa shape index (κ2) is 5.95.